The Hall–Kier alpha value is -2.02. The Morgan fingerprint density at radius 3 is 3.06 bits per heavy atom. The van der Waals surface area contributed by atoms with Crippen LogP contribution in [0.5, 0.6) is 5.75 Å². The van der Waals surface area contributed by atoms with Gasteiger partial charge in [0.25, 0.3) is 0 Å². The molecule has 0 heterocycles. The first kappa shape index (κ1) is 12.1. The summed E-state index contributed by atoms with van der Waals surface area (Å²) >= 11 is 0. The number of benzene rings is 1. The Morgan fingerprint density at radius 2 is 2.38 bits per heavy atom. The van der Waals surface area contributed by atoms with Crippen molar-refractivity contribution in [2.45, 2.75) is 13.3 Å². The first-order valence-corrected chi connectivity index (χ1v) is 5.16. The second-order valence-electron chi connectivity index (χ2n) is 3.19. The summed E-state index contributed by atoms with van der Waals surface area (Å²) in [5.41, 5.74) is 0.551. The SMILES string of the molecule is CCNC(=O)CCOc1cccc(C#N)c1. The summed E-state index contributed by atoms with van der Waals surface area (Å²) in [6.07, 6.45) is 0.324. The molecule has 0 radical (unpaired) electrons. The predicted octanol–water partition coefficient (Wildman–Crippen LogP) is 1.46. The highest BCUT2D eigenvalue weighted by Gasteiger charge is 2.00. The summed E-state index contributed by atoms with van der Waals surface area (Å²) in [6, 6.07) is 8.90. The summed E-state index contributed by atoms with van der Waals surface area (Å²) in [5, 5.41) is 11.4. The normalized spacial score (nSPS) is 9.25. The first-order valence-electron chi connectivity index (χ1n) is 5.16. The molecule has 0 bridgehead atoms. The zero-order valence-corrected chi connectivity index (χ0v) is 9.19. The molecule has 1 aromatic rings. The Morgan fingerprint density at radius 1 is 1.56 bits per heavy atom. The van der Waals surface area contributed by atoms with Crippen LogP contribution in [0.2, 0.25) is 0 Å². The van der Waals surface area contributed by atoms with Crippen LogP contribution in [0.3, 0.4) is 0 Å². The van der Waals surface area contributed by atoms with Crippen LogP contribution >= 0.6 is 0 Å². The van der Waals surface area contributed by atoms with Gasteiger partial charge in [-0.1, -0.05) is 6.07 Å². The molecule has 0 aliphatic heterocycles. The standard InChI is InChI=1S/C12H14N2O2/c1-2-14-12(15)6-7-16-11-5-3-4-10(8-11)9-13/h3-5,8H,2,6-7H2,1H3,(H,14,15). The van der Waals surface area contributed by atoms with Gasteiger partial charge in [-0.2, -0.15) is 5.26 Å². The van der Waals surface area contributed by atoms with Crippen LogP contribution in [0.15, 0.2) is 24.3 Å². The fourth-order valence-electron chi connectivity index (χ4n) is 1.20. The highest BCUT2D eigenvalue weighted by Crippen LogP contribution is 2.12. The lowest BCUT2D eigenvalue weighted by molar-refractivity contribution is -0.121. The molecule has 16 heavy (non-hydrogen) atoms. The lowest BCUT2D eigenvalue weighted by Crippen LogP contribution is -2.24. The summed E-state index contributed by atoms with van der Waals surface area (Å²) in [6.45, 7) is 2.82. The topological polar surface area (TPSA) is 62.1 Å². The second kappa shape index (κ2) is 6.46. The van der Waals surface area contributed by atoms with Crippen LogP contribution in [0.1, 0.15) is 18.9 Å². The average molecular weight is 218 g/mol. The number of ether oxygens (including phenoxy) is 1. The summed E-state index contributed by atoms with van der Waals surface area (Å²) in [5.74, 6) is 0.585. The van der Waals surface area contributed by atoms with Crippen LogP contribution in [-0.4, -0.2) is 19.1 Å². The van der Waals surface area contributed by atoms with Gasteiger partial charge in [0.15, 0.2) is 0 Å². The molecular formula is C12H14N2O2. The van der Waals surface area contributed by atoms with Gasteiger partial charge in [0.05, 0.1) is 24.7 Å². The van der Waals surface area contributed by atoms with E-state index in [1.165, 1.54) is 0 Å². The van der Waals surface area contributed by atoms with Gasteiger partial charge in [0.1, 0.15) is 5.75 Å². The van der Waals surface area contributed by atoms with Crippen molar-refractivity contribution >= 4 is 5.91 Å². The molecule has 84 valence electrons. The van der Waals surface area contributed by atoms with E-state index in [9.17, 15) is 4.79 Å². The van der Waals surface area contributed by atoms with Crippen LogP contribution in [0.4, 0.5) is 0 Å². The van der Waals surface area contributed by atoms with Gasteiger partial charge in [-0.15, -0.1) is 0 Å². The molecule has 1 N–H and O–H groups in total. The lowest BCUT2D eigenvalue weighted by Gasteiger charge is -2.06. The van der Waals surface area contributed by atoms with E-state index in [0.717, 1.165) is 0 Å². The third-order valence-corrected chi connectivity index (χ3v) is 1.93. The largest absolute Gasteiger partial charge is 0.493 e. The van der Waals surface area contributed by atoms with E-state index in [2.05, 4.69) is 5.32 Å². The van der Waals surface area contributed by atoms with Crippen molar-refractivity contribution in [3.05, 3.63) is 29.8 Å². The molecule has 0 saturated carbocycles. The van der Waals surface area contributed by atoms with E-state index in [1.807, 2.05) is 13.0 Å². The number of carbonyl (C=O) groups excluding carboxylic acids is 1. The van der Waals surface area contributed by atoms with Gasteiger partial charge in [0, 0.05) is 6.54 Å². The van der Waals surface area contributed by atoms with Crippen LogP contribution in [0, 0.1) is 11.3 Å². The Kier molecular flexibility index (Phi) is 4.87. The van der Waals surface area contributed by atoms with Crippen molar-refractivity contribution in [1.29, 1.82) is 5.26 Å². The molecule has 1 amide bonds. The Balaban J connectivity index is 2.37. The summed E-state index contributed by atoms with van der Waals surface area (Å²) in [7, 11) is 0. The second-order valence-corrected chi connectivity index (χ2v) is 3.19. The maximum Gasteiger partial charge on any atom is 0.223 e. The van der Waals surface area contributed by atoms with Gasteiger partial charge < -0.3 is 10.1 Å². The maximum absolute atomic E-state index is 11.1. The predicted molar refractivity (Wildman–Crippen MR) is 60.0 cm³/mol. The number of nitrogens with one attached hydrogen (secondary N) is 1. The molecule has 0 atom stereocenters. The maximum atomic E-state index is 11.1. The number of nitriles is 1. The number of hydrogen-bond donors (Lipinski definition) is 1. The Labute approximate surface area is 94.8 Å². The minimum Gasteiger partial charge on any atom is -0.493 e. The third-order valence-electron chi connectivity index (χ3n) is 1.93. The highest BCUT2D eigenvalue weighted by atomic mass is 16.5. The number of amides is 1. The fraction of sp³-hybridized carbons (Fsp3) is 0.333. The number of hydrogen-bond acceptors (Lipinski definition) is 3. The molecule has 4 nitrogen and oxygen atoms in total. The summed E-state index contributed by atoms with van der Waals surface area (Å²) in [4.78, 5) is 11.1. The molecule has 1 rings (SSSR count). The minimum absolute atomic E-state index is 0.0288. The van der Waals surface area contributed by atoms with Crippen molar-refractivity contribution in [1.82, 2.24) is 5.32 Å². The molecular weight excluding hydrogens is 204 g/mol. The molecule has 0 spiro atoms. The van der Waals surface area contributed by atoms with E-state index in [-0.39, 0.29) is 5.91 Å². The molecule has 0 aliphatic rings. The molecule has 0 aliphatic carbocycles. The molecule has 4 heteroatoms. The number of rotatable bonds is 5. The Bertz CT molecular complexity index is 396. The average Bonchev–Trinajstić information content (AvgIpc) is 2.30. The van der Waals surface area contributed by atoms with E-state index in [1.54, 1.807) is 24.3 Å². The van der Waals surface area contributed by atoms with Gasteiger partial charge in [-0.3, -0.25) is 4.79 Å². The molecule has 0 aromatic heterocycles. The molecule has 0 fully saturated rings. The molecule has 1 aromatic carbocycles. The monoisotopic (exact) mass is 218 g/mol. The van der Waals surface area contributed by atoms with Gasteiger partial charge in [-0.25, -0.2) is 0 Å². The lowest BCUT2D eigenvalue weighted by atomic mass is 10.2. The van der Waals surface area contributed by atoms with E-state index >= 15 is 0 Å². The van der Waals surface area contributed by atoms with Crippen molar-refractivity contribution in [2.24, 2.45) is 0 Å². The van der Waals surface area contributed by atoms with Gasteiger partial charge in [-0.05, 0) is 25.1 Å². The third kappa shape index (κ3) is 4.01. The van der Waals surface area contributed by atoms with Gasteiger partial charge >= 0.3 is 0 Å². The van der Waals surface area contributed by atoms with E-state index < -0.39 is 0 Å². The van der Waals surface area contributed by atoms with Crippen LogP contribution in [0.25, 0.3) is 0 Å². The van der Waals surface area contributed by atoms with Crippen molar-refractivity contribution < 1.29 is 9.53 Å². The quantitative estimate of drug-likeness (QED) is 0.813. The number of carbonyl (C=O) groups is 1. The summed E-state index contributed by atoms with van der Waals surface area (Å²) < 4.78 is 5.35. The highest BCUT2D eigenvalue weighted by molar-refractivity contribution is 5.75. The van der Waals surface area contributed by atoms with Crippen molar-refractivity contribution in [2.75, 3.05) is 13.2 Å². The van der Waals surface area contributed by atoms with E-state index in [4.69, 9.17) is 10.00 Å². The van der Waals surface area contributed by atoms with Crippen molar-refractivity contribution in [3.8, 4) is 11.8 Å². The minimum atomic E-state index is -0.0288. The van der Waals surface area contributed by atoms with Crippen LogP contribution in [-0.2, 0) is 4.79 Å². The molecule has 0 saturated heterocycles. The smallest absolute Gasteiger partial charge is 0.223 e. The van der Waals surface area contributed by atoms with E-state index in [0.29, 0.717) is 30.9 Å². The number of nitrogens with zero attached hydrogens (tertiary/aromatic N) is 1. The zero-order chi connectivity index (χ0) is 11.8. The zero-order valence-electron chi connectivity index (χ0n) is 9.19. The van der Waals surface area contributed by atoms with Crippen molar-refractivity contribution in [3.63, 3.8) is 0 Å². The fourth-order valence-corrected chi connectivity index (χ4v) is 1.20. The van der Waals surface area contributed by atoms with Crippen LogP contribution < -0.4 is 10.1 Å². The van der Waals surface area contributed by atoms with Gasteiger partial charge in [0.2, 0.25) is 5.91 Å². The molecule has 0 unspecified atom stereocenters. The first-order chi connectivity index (χ1) is 7.76.